The molecule has 1 aliphatic rings. The largest absolute Gasteiger partial charge is 0.303 e. The van der Waals surface area contributed by atoms with Gasteiger partial charge in [0.25, 0.3) is 0 Å². The zero-order valence-corrected chi connectivity index (χ0v) is 10.3. The zero-order chi connectivity index (χ0) is 11.9. The fraction of sp³-hybridized carbons (Fsp3) is 0.533. The van der Waals surface area contributed by atoms with Crippen LogP contribution in [-0.2, 0) is 0 Å². The van der Waals surface area contributed by atoms with Crippen LogP contribution in [-0.4, -0.2) is 24.5 Å². The summed E-state index contributed by atoms with van der Waals surface area (Å²) in [5.41, 5.74) is 1.48. The van der Waals surface area contributed by atoms with Crippen LogP contribution in [0.3, 0.4) is 0 Å². The summed E-state index contributed by atoms with van der Waals surface area (Å²) in [4.78, 5) is 2.54. The average molecular weight is 228 g/mol. The molecule has 0 radical (unpaired) electrons. The normalized spacial score (nSPS) is 20.3. The molecule has 1 atom stereocenters. The van der Waals surface area contributed by atoms with Crippen molar-refractivity contribution < 1.29 is 0 Å². The van der Waals surface area contributed by atoms with E-state index >= 15 is 0 Å². The van der Waals surface area contributed by atoms with Crippen LogP contribution in [0.25, 0.3) is 0 Å². The fourth-order valence-electron chi connectivity index (χ4n) is 2.57. The lowest BCUT2D eigenvalue weighted by atomic mass is 9.99. The maximum atomic E-state index is 8.49. The first kappa shape index (κ1) is 12.1. The molecule has 90 valence electrons. The van der Waals surface area contributed by atoms with E-state index in [0.717, 1.165) is 19.4 Å². The van der Waals surface area contributed by atoms with Crippen molar-refractivity contribution >= 4 is 0 Å². The summed E-state index contributed by atoms with van der Waals surface area (Å²) in [5, 5.41) is 8.49. The summed E-state index contributed by atoms with van der Waals surface area (Å²) in [6.45, 7) is 3.56. The van der Waals surface area contributed by atoms with Gasteiger partial charge in [0.05, 0.1) is 6.07 Å². The third-order valence-corrected chi connectivity index (χ3v) is 3.56. The first-order valence-electron chi connectivity index (χ1n) is 6.54. The van der Waals surface area contributed by atoms with Crippen LogP contribution >= 0.6 is 0 Å². The number of rotatable bonds is 5. The third kappa shape index (κ3) is 3.57. The van der Waals surface area contributed by atoms with Crippen molar-refractivity contribution in [3.05, 3.63) is 35.9 Å². The van der Waals surface area contributed by atoms with Crippen molar-refractivity contribution in [1.29, 1.82) is 5.26 Å². The van der Waals surface area contributed by atoms with Gasteiger partial charge in [-0.05, 0) is 43.8 Å². The minimum Gasteiger partial charge on any atom is -0.303 e. The molecule has 1 heterocycles. The Hall–Kier alpha value is -1.33. The molecule has 0 aromatic heterocycles. The summed E-state index contributed by atoms with van der Waals surface area (Å²) < 4.78 is 0. The van der Waals surface area contributed by atoms with Gasteiger partial charge in [-0.1, -0.05) is 30.3 Å². The second-order valence-corrected chi connectivity index (χ2v) is 4.81. The van der Waals surface area contributed by atoms with Gasteiger partial charge in [0.15, 0.2) is 0 Å². The van der Waals surface area contributed by atoms with Crippen LogP contribution in [0.15, 0.2) is 30.3 Å². The number of benzene rings is 1. The molecule has 2 heteroatoms. The Bertz CT molecular complexity index is 366. The lowest BCUT2D eigenvalue weighted by Crippen LogP contribution is -2.21. The zero-order valence-electron chi connectivity index (χ0n) is 10.3. The lowest BCUT2D eigenvalue weighted by Gasteiger charge is -2.15. The Morgan fingerprint density at radius 3 is 2.82 bits per heavy atom. The summed E-state index contributed by atoms with van der Waals surface area (Å²) >= 11 is 0. The van der Waals surface area contributed by atoms with Crippen LogP contribution in [0, 0.1) is 11.3 Å². The topological polar surface area (TPSA) is 27.0 Å². The van der Waals surface area contributed by atoms with Crippen molar-refractivity contribution in [3.8, 4) is 6.07 Å². The van der Waals surface area contributed by atoms with E-state index in [0.29, 0.717) is 12.3 Å². The second-order valence-electron chi connectivity index (χ2n) is 4.81. The molecular weight excluding hydrogens is 208 g/mol. The molecule has 1 fully saturated rings. The van der Waals surface area contributed by atoms with Crippen molar-refractivity contribution in [1.82, 2.24) is 4.90 Å². The molecule has 0 N–H and O–H groups in total. The summed E-state index contributed by atoms with van der Waals surface area (Å²) in [6, 6.07) is 13.0. The summed E-state index contributed by atoms with van der Waals surface area (Å²) in [6.07, 6.45) is 4.19. The predicted octanol–water partition coefficient (Wildman–Crippen LogP) is 3.17. The van der Waals surface area contributed by atoms with Crippen molar-refractivity contribution in [2.24, 2.45) is 0 Å². The number of likely N-dealkylation sites (tertiary alicyclic amines) is 1. The Balaban J connectivity index is 1.75. The molecule has 1 saturated heterocycles. The van der Waals surface area contributed by atoms with Crippen molar-refractivity contribution in [3.63, 3.8) is 0 Å². The molecule has 0 aliphatic carbocycles. The quantitative estimate of drug-likeness (QED) is 0.724. The highest BCUT2D eigenvalue weighted by atomic mass is 15.1. The van der Waals surface area contributed by atoms with Crippen LogP contribution in [0.4, 0.5) is 0 Å². The van der Waals surface area contributed by atoms with E-state index in [1.54, 1.807) is 0 Å². The highest BCUT2D eigenvalue weighted by Crippen LogP contribution is 2.26. The van der Waals surface area contributed by atoms with E-state index in [2.05, 4.69) is 41.3 Å². The molecule has 2 nitrogen and oxygen atoms in total. The van der Waals surface area contributed by atoms with E-state index in [9.17, 15) is 0 Å². The molecule has 0 amide bonds. The summed E-state index contributed by atoms with van der Waals surface area (Å²) in [7, 11) is 0. The van der Waals surface area contributed by atoms with Gasteiger partial charge in [0.1, 0.15) is 0 Å². The average Bonchev–Trinajstić information content (AvgIpc) is 2.85. The van der Waals surface area contributed by atoms with Crippen molar-refractivity contribution in [2.75, 3.05) is 19.6 Å². The molecule has 0 bridgehead atoms. The molecule has 1 aliphatic heterocycles. The number of unbranched alkanes of at least 4 members (excludes halogenated alkanes) is 2. The Morgan fingerprint density at radius 2 is 2.06 bits per heavy atom. The number of nitrogens with zero attached hydrogens (tertiary/aromatic N) is 2. The highest BCUT2D eigenvalue weighted by molar-refractivity contribution is 5.20. The Morgan fingerprint density at radius 1 is 1.24 bits per heavy atom. The number of hydrogen-bond acceptors (Lipinski definition) is 2. The SMILES string of the molecule is N#CCCCCN1CCC(c2ccccc2)C1. The molecule has 0 saturated carbocycles. The van der Waals surface area contributed by atoms with E-state index < -0.39 is 0 Å². The van der Waals surface area contributed by atoms with Crippen LogP contribution in [0.5, 0.6) is 0 Å². The summed E-state index contributed by atoms with van der Waals surface area (Å²) in [5.74, 6) is 0.715. The van der Waals surface area contributed by atoms with Crippen LogP contribution in [0.1, 0.15) is 37.2 Å². The predicted molar refractivity (Wildman–Crippen MR) is 69.7 cm³/mol. The van der Waals surface area contributed by atoms with Gasteiger partial charge >= 0.3 is 0 Å². The molecule has 1 aromatic carbocycles. The molecule has 1 unspecified atom stereocenters. The van der Waals surface area contributed by atoms with Crippen molar-refractivity contribution in [2.45, 2.75) is 31.6 Å². The lowest BCUT2D eigenvalue weighted by molar-refractivity contribution is 0.326. The van der Waals surface area contributed by atoms with Gasteiger partial charge in [-0.2, -0.15) is 5.26 Å². The van der Waals surface area contributed by atoms with E-state index in [4.69, 9.17) is 5.26 Å². The molecule has 1 aromatic rings. The Labute approximate surface area is 104 Å². The molecule has 0 spiro atoms. The molecule has 2 rings (SSSR count). The minimum atomic E-state index is 0.704. The first-order valence-corrected chi connectivity index (χ1v) is 6.54. The van der Waals surface area contributed by atoms with Gasteiger partial charge < -0.3 is 4.90 Å². The second kappa shape index (κ2) is 6.42. The maximum Gasteiger partial charge on any atom is 0.0621 e. The molecule has 17 heavy (non-hydrogen) atoms. The van der Waals surface area contributed by atoms with E-state index in [-0.39, 0.29) is 0 Å². The number of hydrogen-bond donors (Lipinski definition) is 0. The third-order valence-electron chi connectivity index (χ3n) is 3.56. The molecular formula is C15H20N2. The van der Waals surface area contributed by atoms with E-state index in [1.807, 2.05) is 0 Å². The fourth-order valence-corrected chi connectivity index (χ4v) is 2.57. The van der Waals surface area contributed by atoms with Crippen LogP contribution < -0.4 is 0 Å². The van der Waals surface area contributed by atoms with Gasteiger partial charge in [0.2, 0.25) is 0 Å². The van der Waals surface area contributed by atoms with Gasteiger partial charge in [-0.15, -0.1) is 0 Å². The van der Waals surface area contributed by atoms with Gasteiger partial charge in [-0.3, -0.25) is 0 Å². The Kier molecular flexibility index (Phi) is 4.58. The minimum absolute atomic E-state index is 0.704. The first-order chi connectivity index (χ1) is 8.40. The standard InChI is InChI=1S/C15H20N2/c16-10-5-2-6-11-17-12-9-15(13-17)14-7-3-1-4-8-14/h1,3-4,7-8,15H,2,5-6,9,11-13H2. The van der Waals surface area contributed by atoms with Gasteiger partial charge in [-0.25, -0.2) is 0 Å². The smallest absolute Gasteiger partial charge is 0.0621 e. The highest BCUT2D eigenvalue weighted by Gasteiger charge is 2.22. The van der Waals surface area contributed by atoms with Crippen LogP contribution in [0.2, 0.25) is 0 Å². The van der Waals surface area contributed by atoms with E-state index in [1.165, 1.54) is 25.1 Å². The number of nitriles is 1. The maximum absolute atomic E-state index is 8.49. The monoisotopic (exact) mass is 228 g/mol. The van der Waals surface area contributed by atoms with Gasteiger partial charge in [0, 0.05) is 13.0 Å².